The number of aromatic carboxylic acids is 1. The lowest BCUT2D eigenvalue weighted by Gasteiger charge is -2.29. The first-order valence-corrected chi connectivity index (χ1v) is 7.42. The van der Waals surface area contributed by atoms with Crippen LogP contribution in [0.4, 0.5) is 9.80 Å². The van der Waals surface area contributed by atoms with Crippen molar-refractivity contribution in [2.24, 2.45) is 0 Å². The Morgan fingerprint density at radius 2 is 2.05 bits per heavy atom. The minimum atomic E-state index is -1.07. The second-order valence-electron chi connectivity index (χ2n) is 4.29. The Morgan fingerprint density at radius 1 is 1.40 bits per heavy atom. The molecule has 20 heavy (non-hydrogen) atoms. The third-order valence-electron chi connectivity index (χ3n) is 3.10. The Balaban J connectivity index is 2.85. The molecule has 112 valence electrons. The van der Waals surface area contributed by atoms with Crippen LogP contribution in [0.2, 0.25) is 0 Å². The molecule has 0 saturated heterocycles. The number of aliphatic hydroxyl groups is 1. The van der Waals surface area contributed by atoms with E-state index in [9.17, 15) is 9.59 Å². The van der Waals surface area contributed by atoms with E-state index in [2.05, 4.69) is 5.32 Å². The van der Waals surface area contributed by atoms with Crippen LogP contribution in [0.1, 0.15) is 37.0 Å². The predicted octanol–water partition coefficient (Wildman–Crippen LogP) is 2.46. The molecule has 0 fully saturated rings. The van der Waals surface area contributed by atoms with Gasteiger partial charge >= 0.3 is 12.0 Å². The number of rotatable bonds is 7. The standard InChI is InChI=1S/C13H20N2O4S/c1-3-9(4-2)15(6-7-16)13(19)14-11-10(12(17)18)5-8-20-11/h5,8-9,16H,3-4,6-7H2,1-2H3,(H,14,19)(H,17,18). The third kappa shape index (κ3) is 3.94. The summed E-state index contributed by atoms with van der Waals surface area (Å²) in [5.41, 5.74) is 0.0804. The highest BCUT2D eigenvalue weighted by Crippen LogP contribution is 2.24. The lowest BCUT2D eigenvalue weighted by molar-refractivity contribution is 0.0698. The SMILES string of the molecule is CCC(CC)N(CCO)C(=O)Nc1sccc1C(=O)O. The van der Waals surface area contributed by atoms with E-state index in [1.54, 1.807) is 10.3 Å². The molecule has 0 aliphatic rings. The predicted molar refractivity (Wildman–Crippen MR) is 78.5 cm³/mol. The molecule has 0 aliphatic carbocycles. The first-order valence-electron chi connectivity index (χ1n) is 6.54. The van der Waals surface area contributed by atoms with E-state index in [4.69, 9.17) is 10.2 Å². The number of nitrogens with zero attached hydrogens (tertiary/aromatic N) is 1. The Morgan fingerprint density at radius 3 is 2.55 bits per heavy atom. The number of hydrogen-bond acceptors (Lipinski definition) is 4. The zero-order chi connectivity index (χ0) is 15.1. The zero-order valence-electron chi connectivity index (χ0n) is 11.6. The molecule has 0 radical (unpaired) electrons. The number of carbonyl (C=O) groups is 2. The van der Waals surface area contributed by atoms with Crippen LogP contribution in [0.15, 0.2) is 11.4 Å². The van der Waals surface area contributed by atoms with Gasteiger partial charge in [-0.25, -0.2) is 9.59 Å². The number of carboxylic acid groups (broad SMARTS) is 1. The summed E-state index contributed by atoms with van der Waals surface area (Å²) in [7, 11) is 0. The summed E-state index contributed by atoms with van der Waals surface area (Å²) >= 11 is 1.17. The first kappa shape index (κ1) is 16.5. The van der Waals surface area contributed by atoms with Crippen molar-refractivity contribution in [1.82, 2.24) is 4.90 Å². The molecular weight excluding hydrogens is 280 g/mol. The van der Waals surface area contributed by atoms with Gasteiger partial charge in [-0.1, -0.05) is 13.8 Å². The van der Waals surface area contributed by atoms with Crippen molar-refractivity contribution in [3.05, 3.63) is 17.0 Å². The largest absolute Gasteiger partial charge is 0.478 e. The summed E-state index contributed by atoms with van der Waals surface area (Å²) in [4.78, 5) is 24.8. The molecule has 1 heterocycles. The molecule has 0 unspecified atom stereocenters. The van der Waals surface area contributed by atoms with E-state index in [1.165, 1.54) is 17.4 Å². The van der Waals surface area contributed by atoms with Crippen LogP contribution in [-0.4, -0.2) is 46.3 Å². The van der Waals surface area contributed by atoms with E-state index in [-0.39, 0.29) is 30.8 Å². The van der Waals surface area contributed by atoms with E-state index in [1.807, 2.05) is 13.8 Å². The lowest BCUT2D eigenvalue weighted by Crippen LogP contribution is -2.44. The highest BCUT2D eigenvalue weighted by Gasteiger charge is 2.22. The van der Waals surface area contributed by atoms with Gasteiger partial charge < -0.3 is 15.1 Å². The average Bonchev–Trinajstić information content (AvgIpc) is 2.87. The molecule has 0 saturated carbocycles. The molecule has 6 nitrogen and oxygen atoms in total. The summed E-state index contributed by atoms with van der Waals surface area (Å²) in [5, 5.41) is 22.6. The van der Waals surface area contributed by atoms with Crippen LogP contribution in [0.25, 0.3) is 0 Å². The van der Waals surface area contributed by atoms with Crippen LogP contribution in [0, 0.1) is 0 Å². The fourth-order valence-electron chi connectivity index (χ4n) is 2.03. The molecule has 7 heteroatoms. The van der Waals surface area contributed by atoms with Crippen molar-refractivity contribution in [2.75, 3.05) is 18.5 Å². The van der Waals surface area contributed by atoms with Gasteiger partial charge in [-0.15, -0.1) is 11.3 Å². The van der Waals surface area contributed by atoms with Crippen molar-refractivity contribution < 1.29 is 19.8 Å². The van der Waals surface area contributed by atoms with Crippen LogP contribution in [-0.2, 0) is 0 Å². The van der Waals surface area contributed by atoms with Gasteiger partial charge in [-0.3, -0.25) is 5.32 Å². The van der Waals surface area contributed by atoms with E-state index >= 15 is 0 Å². The minimum absolute atomic E-state index is 0.0235. The monoisotopic (exact) mass is 300 g/mol. The van der Waals surface area contributed by atoms with Gasteiger partial charge in [0.05, 0.1) is 12.2 Å². The normalized spacial score (nSPS) is 10.6. The molecule has 0 spiro atoms. The van der Waals surface area contributed by atoms with Crippen molar-refractivity contribution in [1.29, 1.82) is 0 Å². The highest BCUT2D eigenvalue weighted by atomic mass is 32.1. The second kappa shape index (κ2) is 7.86. The number of carbonyl (C=O) groups excluding carboxylic acids is 1. The summed E-state index contributed by atoms with van der Waals surface area (Å²) in [6.07, 6.45) is 1.56. The Kier molecular flexibility index (Phi) is 6.47. The van der Waals surface area contributed by atoms with Crippen LogP contribution in [0.5, 0.6) is 0 Å². The Bertz CT molecular complexity index is 457. The van der Waals surface area contributed by atoms with Gasteiger partial charge in [-0.2, -0.15) is 0 Å². The van der Waals surface area contributed by atoms with Gasteiger partial charge in [0, 0.05) is 12.6 Å². The first-order chi connectivity index (χ1) is 9.54. The zero-order valence-corrected chi connectivity index (χ0v) is 12.4. The Hall–Kier alpha value is -1.60. The summed E-state index contributed by atoms with van der Waals surface area (Å²) in [6.45, 7) is 4.05. The molecule has 1 aromatic heterocycles. The fourth-order valence-corrected chi connectivity index (χ4v) is 2.80. The number of aliphatic hydroxyl groups excluding tert-OH is 1. The van der Waals surface area contributed by atoms with E-state index < -0.39 is 5.97 Å². The van der Waals surface area contributed by atoms with E-state index in [0.717, 1.165) is 12.8 Å². The van der Waals surface area contributed by atoms with Crippen molar-refractivity contribution in [3.63, 3.8) is 0 Å². The molecule has 0 atom stereocenters. The minimum Gasteiger partial charge on any atom is -0.478 e. The maximum atomic E-state index is 12.3. The van der Waals surface area contributed by atoms with Crippen LogP contribution < -0.4 is 5.32 Å². The van der Waals surface area contributed by atoms with Gasteiger partial charge in [0.1, 0.15) is 5.00 Å². The number of anilines is 1. The van der Waals surface area contributed by atoms with Crippen molar-refractivity contribution in [3.8, 4) is 0 Å². The van der Waals surface area contributed by atoms with Gasteiger partial charge in [0.15, 0.2) is 0 Å². The summed E-state index contributed by atoms with van der Waals surface area (Å²) < 4.78 is 0. The summed E-state index contributed by atoms with van der Waals surface area (Å²) in [6, 6.07) is 1.10. The number of urea groups is 1. The third-order valence-corrected chi connectivity index (χ3v) is 3.93. The van der Waals surface area contributed by atoms with Gasteiger partial charge in [-0.05, 0) is 24.3 Å². The molecule has 3 N–H and O–H groups in total. The summed E-state index contributed by atoms with van der Waals surface area (Å²) in [5.74, 6) is -1.07. The molecule has 0 bridgehead atoms. The molecule has 0 aromatic carbocycles. The van der Waals surface area contributed by atoms with Crippen LogP contribution in [0.3, 0.4) is 0 Å². The molecule has 0 aliphatic heterocycles. The number of amides is 2. The maximum Gasteiger partial charge on any atom is 0.338 e. The number of nitrogens with one attached hydrogen (secondary N) is 1. The quantitative estimate of drug-likeness (QED) is 0.721. The van der Waals surface area contributed by atoms with Crippen molar-refractivity contribution >= 4 is 28.3 Å². The highest BCUT2D eigenvalue weighted by molar-refractivity contribution is 7.14. The molecule has 2 amide bonds. The maximum absolute atomic E-state index is 12.3. The Labute approximate surface area is 122 Å². The van der Waals surface area contributed by atoms with Gasteiger partial charge in [0.25, 0.3) is 0 Å². The number of thiophene rings is 1. The number of carboxylic acids is 1. The van der Waals surface area contributed by atoms with Crippen molar-refractivity contribution in [2.45, 2.75) is 32.7 Å². The average molecular weight is 300 g/mol. The topological polar surface area (TPSA) is 89.9 Å². The second-order valence-corrected chi connectivity index (χ2v) is 5.20. The van der Waals surface area contributed by atoms with Crippen LogP contribution >= 0.6 is 11.3 Å². The molecular formula is C13H20N2O4S. The molecule has 1 rings (SSSR count). The smallest absolute Gasteiger partial charge is 0.338 e. The number of hydrogen-bond donors (Lipinski definition) is 3. The van der Waals surface area contributed by atoms with E-state index in [0.29, 0.717) is 5.00 Å². The lowest BCUT2D eigenvalue weighted by atomic mass is 10.1. The fraction of sp³-hybridized carbons (Fsp3) is 0.538. The van der Waals surface area contributed by atoms with Gasteiger partial charge in [0.2, 0.25) is 0 Å². The molecule has 1 aromatic rings.